The molecule has 0 radical (unpaired) electrons. The summed E-state index contributed by atoms with van der Waals surface area (Å²) in [6.45, 7) is 0. The number of nitrogens with one attached hydrogen (secondary N) is 1. The van der Waals surface area contributed by atoms with Crippen LogP contribution in [0.4, 0.5) is 0 Å². The minimum atomic E-state index is 0.359. The van der Waals surface area contributed by atoms with E-state index in [0.717, 1.165) is 0 Å². The molecule has 0 fully saturated rings. The molecule has 0 aliphatic carbocycles. The van der Waals surface area contributed by atoms with Crippen molar-refractivity contribution in [2.45, 2.75) is 0 Å². The van der Waals surface area contributed by atoms with Crippen molar-refractivity contribution >= 4 is 34.8 Å². The van der Waals surface area contributed by atoms with Crippen LogP contribution in [0.15, 0.2) is 12.1 Å². The number of nitrogens with zero attached hydrogens (tertiary/aromatic N) is 3. The van der Waals surface area contributed by atoms with Crippen LogP contribution in [-0.4, -0.2) is 20.6 Å². The van der Waals surface area contributed by atoms with Gasteiger partial charge in [-0.05, 0) is 17.3 Å². The van der Waals surface area contributed by atoms with Gasteiger partial charge in [-0.15, -0.1) is 10.2 Å². The molecule has 0 saturated carbocycles. The molecule has 72 valence electrons. The van der Waals surface area contributed by atoms with Gasteiger partial charge in [0.15, 0.2) is 0 Å². The molecule has 0 bridgehead atoms. The van der Waals surface area contributed by atoms with Crippen molar-refractivity contribution in [3.8, 4) is 11.4 Å². The van der Waals surface area contributed by atoms with E-state index in [2.05, 4.69) is 20.6 Å². The third kappa shape index (κ3) is 1.68. The second-order valence-electron chi connectivity index (χ2n) is 2.48. The lowest BCUT2D eigenvalue weighted by atomic mass is 10.2. The molecule has 1 N–H and O–H groups in total. The number of tetrazole rings is 1. The van der Waals surface area contributed by atoms with Gasteiger partial charge >= 0.3 is 0 Å². The topological polar surface area (TPSA) is 54.5 Å². The van der Waals surface area contributed by atoms with Crippen LogP contribution < -0.4 is 0 Å². The molecule has 1 aromatic carbocycles. The Morgan fingerprint density at radius 1 is 1.14 bits per heavy atom. The molecule has 0 aliphatic rings. The van der Waals surface area contributed by atoms with E-state index in [9.17, 15) is 0 Å². The third-order valence-electron chi connectivity index (χ3n) is 1.58. The standard InChI is InChI=1S/C7H3Cl3N4/c8-3-1-4(6(10)5(9)2-3)7-11-13-14-12-7/h1-2H,(H,11,12,13,14). The van der Waals surface area contributed by atoms with Gasteiger partial charge in [0.05, 0.1) is 10.0 Å². The van der Waals surface area contributed by atoms with Gasteiger partial charge in [0, 0.05) is 10.6 Å². The monoisotopic (exact) mass is 248 g/mol. The number of rotatable bonds is 1. The summed E-state index contributed by atoms with van der Waals surface area (Å²) >= 11 is 17.6. The summed E-state index contributed by atoms with van der Waals surface area (Å²) in [5, 5.41) is 14.5. The summed E-state index contributed by atoms with van der Waals surface area (Å²) in [5.41, 5.74) is 0.554. The highest BCUT2D eigenvalue weighted by Crippen LogP contribution is 2.34. The molecular weight excluding hydrogens is 246 g/mol. The minimum absolute atomic E-state index is 0.359. The van der Waals surface area contributed by atoms with Crippen molar-refractivity contribution in [1.29, 1.82) is 0 Å². The molecule has 2 aromatic rings. The first kappa shape index (κ1) is 9.71. The van der Waals surface area contributed by atoms with Gasteiger partial charge in [-0.25, -0.2) is 0 Å². The maximum absolute atomic E-state index is 5.94. The Balaban J connectivity index is 2.64. The molecule has 7 heteroatoms. The van der Waals surface area contributed by atoms with E-state index in [-0.39, 0.29) is 0 Å². The molecular formula is C7H3Cl3N4. The highest BCUT2D eigenvalue weighted by atomic mass is 35.5. The number of H-pyrrole nitrogens is 1. The summed E-state index contributed by atoms with van der Waals surface area (Å²) in [6.07, 6.45) is 0. The molecule has 0 unspecified atom stereocenters. The minimum Gasteiger partial charge on any atom is -0.177 e. The second-order valence-corrected chi connectivity index (χ2v) is 3.71. The lowest BCUT2D eigenvalue weighted by Gasteiger charge is -2.01. The average Bonchev–Trinajstić information content (AvgIpc) is 2.63. The molecule has 0 spiro atoms. The zero-order valence-corrected chi connectivity index (χ0v) is 8.90. The lowest BCUT2D eigenvalue weighted by Crippen LogP contribution is -1.84. The van der Waals surface area contributed by atoms with Crippen molar-refractivity contribution in [3.63, 3.8) is 0 Å². The largest absolute Gasteiger partial charge is 0.206 e. The highest BCUT2D eigenvalue weighted by Gasteiger charge is 2.12. The molecule has 2 rings (SSSR count). The lowest BCUT2D eigenvalue weighted by molar-refractivity contribution is 0.881. The molecule has 0 saturated heterocycles. The summed E-state index contributed by atoms with van der Waals surface area (Å²) in [7, 11) is 0. The second kappa shape index (κ2) is 3.73. The summed E-state index contributed by atoms with van der Waals surface area (Å²) in [5.74, 6) is 0.361. The van der Waals surface area contributed by atoms with Gasteiger partial charge in [-0.2, -0.15) is 5.21 Å². The first-order valence-electron chi connectivity index (χ1n) is 3.57. The Kier molecular flexibility index (Phi) is 2.58. The van der Waals surface area contributed by atoms with Crippen LogP contribution in [-0.2, 0) is 0 Å². The fraction of sp³-hybridized carbons (Fsp3) is 0. The predicted octanol–water partition coefficient (Wildman–Crippen LogP) is 2.83. The van der Waals surface area contributed by atoms with Crippen molar-refractivity contribution in [1.82, 2.24) is 20.6 Å². The van der Waals surface area contributed by atoms with Gasteiger partial charge in [0.25, 0.3) is 0 Å². The van der Waals surface area contributed by atoms with Gasteiger partial charge in [0.2, 0.25) is 5.82 Å². The maximum atomic E-state index is 5.94. The van der Waals surface area contributed by atoms with Gasteiger partial charge in [-0.3, -0.25) is 0 Å². The summed E-state index contributed by atoms with van der Waals surface area (Å²) < 4.78 is 0. The van der Waals surface area contributed by atoms with Crippen molar-refractivity contribution in [2.24, 2.45) is 0 Å². The van der Waals surface area contributed by atoms with E-state index < -0.39 is 0 Å². The van der Waals surface area contributed by atoms with Crippen LogP contribution in [0, 0.1) is 0 Å². The number of aromatic nitrogens is 4. The van der Waals surface area contributed by atoms with Crippen LogP contribution in [0.3, 0.4) is 0 Å². The molecule has 1 heterocycles. The molecule has 0 aliphatic heterocycles. The first-order valence-corrected chi connectivity index (χ1v) is 4.70. The van der Waals surface area contributed by atoms with E-state index in [1.807, 2.05) is 0 Å². The molecule has 1 aromatic heterocycles. The number of hydrogen-bond donors (Lipinski definition) is 1. The van der Waals surface area contributed by atoms with Crippen LogP contribution >= 0.6 is 34.8 Å². The Labute approximate surface area is 94.2 Å². The zero-order valence-electron chi connectivity index (χ0n) is 6.63. The third-order valence-corrected chi connectivity index (χ3v) is 2.60. The normalized spacial score (nSPS) is 10.5. The Bertz CT molecular complexity index is 454. The van der Waals surface area contributed by atoms with Crippen molar-refractivity contribution in [2.75, 3.05) is 0 Å². The van der Waals surface area contributed by atoms with Crippen LogP contribution in [0.25, 0.3) is 11.4 Å². The van der Waals surface area contributed by atoms with Crippen LogP contribution in [0.5, 0.6) is 0 Å². The number of benzene rings is 1. The highest BCUT2D eigenvalue weighted by molar-refractivity contribution is 6.44. The molecule has 4 nitrogen and oxygen atoms in total. The van der Waals surface area contributed by atoms with Crippen molar-refractivity contribution in [3.05, 3.63) is 27.2 Å². The predicted molar refractivity (Wildman–Crippen MR) is 54.6 cm³/mol. The fourth-order valence-electron chi connectivity index (χ4n) is 0.995. The zero-order chi connectivity index (χ0) is 10.1. The SMILES string of the molecule is Clc1cc(Cl)c(Cl)c(-c2nn[nH]n2)c1. The fourth-order valence-corrected chi connectivity index (χ4v) is 1.68. The maximum Gasteiger partial charge on any atom is 0.206 e. The van der Waals surface area contributed by atoms with Gasteiger partial charge < -0.3 is 0 Å². The van der Waals surface area contributed by atoms with Crippen LogP contribution in [0.1, 0.15) is 0 Å². The number of aromatic amines is 1. The molecule has 0 atom stereocenters. The molecule has 0 amide bonds. The van der Waals surface area contributed by atoms with E-state index in [1.165, 1.54) is 0 Å². The molecule has 14 heavy (non-hydrogen) atoms. The Hall–Kier alpha value is -0.840. The van der Waals surface area contributed by atoms with Gasteiger partial charge in [0.1, 0.15) is 0 Å². The summed E-state index contributed by atoms with van der Waals surface area (Å²) in [6, 6.07) is 3.18. The van der Waals surface area contributed by atoms with Crippen molar-refractivity contribution < 1.29 is 0 Å². The number of halogens is 3. The summed E-state index contributed by atoms with van der Waals surface area (Å²) in [4.78, 5) is 0. The quantitative estimate of drug-likeness (QED) is 0.791. The van der Waals surface area contributed by atoms with Gasteiger partial charge in [-0.1, -0.05) is 34.8 Å². The van der Waals surface area contributed by atoms with E-state index >= 15 is 0 Å². The first-order chi connectivity index (χ1) is 6.68. The average molecular weight is 249 g/mol. The smallest absolute Gasteiger partial charge is 0.177 e. The van der Waals surface area contributed by atoms with E-state index in [0.29, 0.717) is 26.5 Å². The number of hydrogen-bond acceptors (Lipinski definition) is 3. The van der Waals surface area contributed by atoms with E-state index in [4.69, 9.17) is 34.8 Å². The van der Waals surface area contributed by atoms with E-state index in [1.54, 1.807) is 12.1 Å². The van der Waals surface area contributed by atoms with Crippen LogP contribution in [0.2, 0.25) is 15.1 Å². The Morgan fingerprint density at radius 2 is 1.93 bits per heavy atom. The Morgan fingerprint density at radius 3 is 2.57 bits per heavy atom.